The van der Waals surface area contributed by atoms with Crippen molar-refractivity contribution in [3.8, 4) is 0 Å². The molecule has 1 heterocycles. The average Bonchev–Trinajstić information content (AvgIpc) is 2.58. The number of nitrogens with one attached hydrogen (secondary N) is 2. The van der Waals surface area contributed by atoms with Gasteiger partial charge in [0.1, 0.15) is 6.54 Å². The Morgan fingerprint density at radius 3 is 2.88 bits per heavy atom. The Bertz CT molecular complexity index is 425. The van der Waals surface area contributed by atoms with E-state index in [9.17, 15) is 9.59 Å². The van der Waals surface area contributed by atoms with Crippen LogP contribution in [0.4, 0.5) is 10.5 Å². The molecule has 0 aliphatic heterocycles. The van der Waals surface area contributed by atoms with Gasteiger partial charge in [0.15, 0.2) is 0 Å². The minimum absolute atomic E-state index is 0.216. The fraction of sp³-hybridized carbons (Fsp3) is 0.500. The van der Waals surface area contributed by atoms with E-state index >= 15 is 0 Å². The van der Waals surface area contributed by atoms with Crippen LogP contribution in [0.15, 0.2) is 12.4 Å². The zero-order valence-electron chi connectivity index (χ0n) is 9.22. The molecule has 0 saturated heterocycles. The number of aromatic nitrogens is 2. The number of carbonyl (C=O) groups is 2. The van der Waals surface area contributed by atoms with Gasteiger partial charge in [0.2, 0.25) is 0 Å². The maximum atomic E-state index is 11.5. The Hall–Kier alpha value is -2.05. The van der Waals surface area contributed by atoms with Gasteiger partial charge in [-0.05, 0) is 19.3 Å². The first-order chi connectivity index (χ1) is 8.13. The Morgan fingerprint density at radius 1 is 1.53 bits per heavy atom. The van der Waals surface area contributed by atoms with Gasteiger partial charge in [-0.2, -0.15) is 5.10 Å². The molecule has 0 spiro atoms. The normalized spacial score (nSPS) is 15.1. The predicted molar refractivity (Wildman–Crippen MR) is 59.7 cm³/mol. The Balaban J connectivity index is 1.83. The van der Waals surface area contributed by atoms with E-state index in [-0.39, 0.29) is 18.6 Å². The van der Waals surface area contributed by atoms with Crippen molar-refractivity contribution >= 4 is 17.7 Å². The van der Waals surface area contributed by atoms with Crippen molar-refractivity contribution in [1.82, 2.24) is 15.1 Å². The Kier molecular flexibility index (Phi) is 3.27. The summed E-state index contributed by atoms with van der Waals surface area (Å²) in [6, 6.07) is -0.00589. The zero-order valence-corrected chi connectivity index (χ0v) is 9.22. The molecule has 1 saturated carbocycles. The third-order valence-electron chi connectivity index (χ3n) is 2.63. The molecular formula is C10H14N4O3. The maximum Gasteiger partial charge on any atom is 0.325 e. The number of carbonyl (C=O) groups excluding carboxylic acids is 1. The van der Waals surface area contributed by atoms with Gasteiger partial charge >= 0.3 is 12.0 Å². The number of hydrogen-bond acceptors (Lipinski definition) is 3. The number of carboxylic acid groups (broad SMARTS) is 1. The molecule has 1 fully saturated rings. The summed E-state index contributed by atoms with van der Waals surface area (Å²) in [6.07, 6.45) is 6.09. The van der Waals surface area contributed by atoms with E-state index in [1.165, 1.54) is 17.1 Å². The minimum atomic E-state index is -0.974. The van der Waals surface area contributed by atoms with Crippen LogP contribution in [0, 0.1) is 0 Å². The van der Waals surface area contributed by atoms with E-state index in [1.54, 1.807) is 0 Å². The lowest BCUT2D eigenvalue weighted by Crippen LogP contribution is -2.41. The van der Waals surface area contributed by atoms with Gasteiger partial charge < -0.3 is 15.7 Å². The second-order valence-electron chi connectivity index (χ2n) is 4.05. The number of aliphatic carboxylic acids is 1. The molecule has 7 heteroatoms. The molecule has 7 nitrogen and oxygen atoms in total. The highest BCUT2D eigenvalue weighted by Gasteiger charge is 2.19. The summed E-state index contributed by atoms with van der Waals surface area (Å²) in [6.45, 7) is -0.216. The summed E-state index contributed by atoms with van der Waals surface area (Å²) in [5.74, 6) is -0.974. The summed E-state index contributed by atoms with van der Waals surface area (Å²) in [7, 11) is 0. The van der Waals surface area contributed by atoms with Crippen molar-refractivity contribution in [2.24, 2.45) is 0 Å². The highest BCUT2D eigenvalue weighted by molar-refractivity contribution is 5.89. The topological polar surface area (TPSA) is 96.2 Å². The predicted octanol–water partition coefficient (Wildman–Crippen LogP) is 0.642. The molecule has 0 aromatic carbocycles. The molecule has 2 rings (SSSR count). The molecule has 0 bridgehead atoms. The van der Waals surface area contributed by atoms with Crippen molar-refractivity contribution in [2.45, 2.75) is 31.8 Å². The molecule has 92 valence electrons. The first kappa shape index (κ1) is 11.4. The standard InChI is InChI=1S/C10H14N4O3/c15-9(16)6-14-5-8(4-11-14)13-10(17)12-7-2-1-3-7/h4-5,7H,1-3,6H2,(H,15,16)(H2,12,13,17). The van der Waals surface area contributed by atoms with Crippen LogP contribution in [0.1, 0.15) is 19.3 Å². The molecule has 0 unspecified atom stereocenters. The molecule has 3 N–H and O–H groups in total. The summed E-state index contributed by atoms with van der Waals surface area (Å²) in [4.78, 5) is 21.9. The molecule has 1 aliphatic rings. The van der Waals surface area contributed by atoms with Gasteiger partial charge in [-0.3, -0.25) is 9.48 Å². The average molecular weight is 238 g/mol. The molecule has 17 heavy (non-hydrogen) atoms. The summed E-state index contributed by atoms with van der Waals surface area (Å²) < 4.78 is 1.25. The summed E-state index contributed by atoms with van der Waals surface area (Å²) in [5, 5.41) is 17.8. The monoisotopic (exact) mass is 238 g/mol. The van der Waals surface area contributed by atoms with E-state index in [2.05, 4.69) is 15.7 Å². The van der Waals surface area contributed by atoms with Crippen molar-refractivity contribution in [1.29, 1.82) is 0 Å². The second-order valence-corrected chi connectivity index (χ2v) is 4.05. The highest BCUT2D eigenvalue weighted by Crippen LogP contribution is 2.18. The van der Waals surface area contributed by atoms with E-state index in [1.807, 2.05) is 0 Å². The summed E-state index contributed by atoms with van der Waals surface area (Å²) in [5.41, 5.74) is 0.489. The van der Waals surface area contributed by atoms with Crippen LogP contribution < -0.4 is 10.6 Å². The summed E-state index contributed by atoms with van der Waals surface area (Å²) >= 11 is 0. The van der Waals surface area contributed by atoms with E-state index in [0.717, 1.165) is 19.3 Å². The van der Waals surface area contributed by atoms with Crippen LogP contribution >= 0.6 is 0 Å². The first-order valence-electron chi connectivity index (χ1n) is 5.45. The van der Waals surface area contributed by atoms with E-state index < -0.39 is 5.97 Å². The van der Waals surface area contributed by atoms with Crippen LogP contribution in [-0.2, 0) is 11.3 Å². The number of urea groups is 1. The van der Waals surface area contributed by atoms with Crippen LogP contribution in [0.3, 0.4) is 0 Å². The largest absolute Gasteiger partial charge is 0.480 e. The molecule has 2 amide bonds. The molecule has 1 aromatic rings. The van der Waals surface area contributed by atoms with Gasteiger partial charge in [0, 0.05) is 12.2 Å². The van der Waals surface area contributed by atoms with Gasteiger partial charge in [-0.25, -0.2) is 4.79 Å². The van der Waals surface area contributed by atoms with Crippen LogP contribution in [0.25, 0.3) is 0 Å². The minimum Gasteiger partial charge on any atom is -0.480 e. The third-order valence-corrected chi connectivity index (χ3v) is 2.63. The van der Waals surface area contributed by atoms with Crippen LogP contribution in [-0.4, -0.2) is 32.9 Å². The lowest BCUT2D eigenvalue weighted by molar-refractivity contribution is -0.137. The van der Waals surface area contributed by atoms with E-state index in [4.69, 9.17) is 5.11 Å². The SMILES string of the molecule is O=C(O)Cn1cc(NC(=O)NC2CCC2)cn1. The second kappa shape index (κ2) is 4.86. The van der Waals surface area contributed by atoms with Gasteiger partial charge in [0.25, 0.3) is 0 Å². The number of carboxylic acids is 1. The number of anilines is 1. The van der Waals surface area contributed by atoms with Gasteiger partial charge in [-0.1, -0.05) is 0 Å². The quantitative estimate of drug-likeness (QED) is 0.717. The van der Waals surface area contributed by atoms with Crippen molar-refractivity contribution in [3.63, 3.8) is 0 Å². The van der Waals surface area contributed by atoms with Crippen molar-refractivity contribution < 1.29 is 14.7 Å². The zero-order chi connectivity index (χ0) is 12.3. The molecule has 0 radical (unpaired) electrons. The number of nitrogens with zero attached hydrogens (tertiary/aromatic N) is 2. The Morgan fingerprint density at radius 2 is 2.29 bits per heavy atom. The maximum absolute atomic E-state index is 11.5. The third kappa shape index (κ3) is 3.20. The lowest BCUT2D eigenvalue weighted by Gasteiger charge is -2.26. The van der Waals surface area contributed by atoms with Crippen LogP contribution in [0.5, 0.6) is 0 Å². The highest BCUT2D eigenvalue weighted by atomic mass is 16.4. The number of hydrogen-bond donors (Lipinski definition) is 3. The Labute approximate surface area is 97.8 Å². The lowest BCUT2D eigenvalue weighted by atomic mass is 9.93. The molecule has 1 aromatic heterocycles. The van der Waals surface area contributed by atoms with Gasteiger partial charge in [-0.15, -0.1) is 0 Å². The number of amides is 2. The fourth-order valence-electron chi connectivity index (χ4n) is 1.56. The van der Waals surface area contributed by atoms with E-state index in [0.29, 0.717) is 5.69 Å². The van der Waals surface area contributed by atoms with Crippen LogP contribution in [0.2, 0.25) is 0 Å². The fourth-order valence-corrected chi connectivity index (χ4v) is 1.56. The molecular weight excluding hydrogens is 224 g/mol. The molecule has 1 aliphatic carbocycles. The first-order valence-corrected chi connectivity index (χ1v) is 5.45. The van der Waals surface area contributed by atoms with Gasteiger partial charge in [0.05, 0.1) is 11.9 Å². The molecule has 0 atom stereocenters. The smallest absolute Gasteiger partial charge is 0.325 e. The number of rotatable bonds is 4. The van der Waals surface area contributed by atoms with Crippen molar-refractivity contribution in [2.75, 3.05) is 5.32 Å². The van der Waals surface area contributed by atoms with Crippen molar-refractivity contribution in [3.05, 3.63) is 12.4 Å².